The molecule has 2 aromatic rings. The van der Waals surface area contributed by atoms with E-state index in [1.165, 1.54) is 0 Å². The van der Waals surface area contributed by atoms with Gasteiger partial charge in [0.1, 0.15) is 5.82 Å². The van der Waals surface area contributed by atoms with Crippen molar-refractivity contribution in [1.29, 1.82) is 0 Å². The van der Waals surface area contributed by atoms with Gasteiger partial charge in [0.25, 0.3) is 0 Å². The smallest absolute Gasteiger partial charge is 0.197 e. The molecule has 2 rings (SSSR count). The summed E-state index contributed by atoms with van der Waals surface area (Å²) in [6.45, 7) is 1.86. The number of rotatable bonds is 2. The Kier molecular flexibility index (Phi) is 3.27. The van der Waals surface area contributed by atoms with E-state index in [1.54, 1.807) is 12.1 Å². The molecule has 0 radical (unpaired) electrons. The van der Waals surface area contributed by atoms with E-state index in [9.17, 15) is 0 Å². The van der Waals surface area contributed by atoms with Crippen molar-refractivity contribution in [3.8, 4) is 11.6 Å². The Hall–Kier alpha value is -0.920. The molecular formula is C9H8Br2N4O. The van der Waals surface area contributed by atoms with Crippen molar-refractivity contribution in [2.24, 2.45) is 5.84 Å². The second-order valence-corrected chi connectivity index (χ2v) is 4.67. The number of hydrogen-bond donors (Lipinski definition) is 2. The number of halogens is 2. The average Bonchev–Trinajstić information content (AvgIpc) is 2.58. The summed E-state index contributed by atoms with van der Waals surface area (Å²) in [6.07, 6.45) is 0. The molecule has 3 N–H and O–H groups in total. The van der Waals surface area contributed by atoms with E-state index in [0.717, 1.165) is 10.2 Å². The lowest BCUT2D eigenvalue weighted by atomic mass is 10.3. The number of aromatic nitrogens is 2. The molecule has 0 amide bonds. The summed E-state index contributed by atoms with van der Waals surface area (Å²) in [6, 6.07) is 3.54. The monoisotopic (exact) mass is 346 g/mol. The summed E-state index contributed by atoms with van der Waals surface area (Å²) >= 11 is 6.59. The molecular weight excluding hydrogens is 340 g/mol. The van der Waals surface area contributed by atoms with Crippen LogP contribution in [0.15, 0.2) is 25.7 Å². The summed E-state index contributed by atoms with van der Waals surface area (Å²) in [5, 5.41) is 0. The minimum atomic E-state index is 0.486. The average molecular weight is 348 g/mol. The van der Waals surface area contributed by atoms with Gasteiger partial charge in [-0.05, 0) is 38.8 Å². The minimum absolute atomic E-state index is 0.486. The number of anilines is 1. The second kappa shape index (κ2) is 4.52. The lowest BCUT2D eigenvalue weighted by molar-refractivity contribution is 0.549. The van der Waals surface area contributed by atoms with E-state index < -0.39 is 0 Å². The molecule has 5 nitrogen and oxygen atoms in total. The number of aryl methyl sites for hydroxylation is 1. The molecule has 2 heterocycles. The first-order valence-corrected chi connectivity index (χ1v) is 5.96. The van der Waals surface area contributed by atoms with Crippen molar-refractivity contribution in [2.45, 2.75) is 6.92 Å². The zero-order valence-electron chi connectivity index (χ0n) is 8.29. The summed E-state index contributed by atoms with van der Waals surface area (Å²) in [5.41, 5.74) is 3.29. The fourth-order valence-corrected chi connectivity index (χ4v) is 1.79. The van der Waals surface area contributed by atoms with E-state index in [1.807, 2.05) is 6.92 Å². The SMILES string of the molecule is Cc1cc(NN)nc(-c2cc(Br)c(Br)o2)n1. The third-order valence-corrected chi connectivity index (χ3v) is 3.58. The molecule has 0 aliphatic rings. The highest BCUT2D eigenvalue weighted by Gasteiger charge is 2.12. The van der Waals surface area contributed by atoms with Crippen molar-refractivity contribution < 1.29 is 4.42 Å². The fraction of sp³-hybridized carbons (Fsp3) is 0.111. The van der Waals surface area contributed by atoms with Gasteiger partial charge in [-0.25, -0.2) is 15.8 Å². The van der Waals surface area contributed by atoms with Crippen LogP contribution in [0, 0.1) is 6.92 Å². The second-order valence-electron chi connectivity index (χ2n) is 3.09. The van der Waals surface area contributed by atoms with Crippen LogP contribution in [0.2, 0.25) is 0 Å². The van der Waals surface area contributed by atoms with Crippen molar-refractivity contribution in [3.63, 3.8) is 0 Å². The van der Waals surface area contributed by atoms with E-state index in [0.29, 0.717) is 22.1 Å². The molecule has 0 saturated heterocycles. The molecule has 16 heavy (non-hydrogen) atoms. The maximum absolute atomic E-state index is 5.43. The Morgan fingerprint density at radius 2 is 2.06 bits per heavy atom. The predicted octanol–water partition coefficient (Wildman–Crippen LogP) is 2.86. The number of nitrogen functional groups attached to an aromatic ring is 1. The van der Waals surface area contributed by atoms with Gasteiger partial charge in [-0.15, -0.1) is 0 Å². The fourth-order valence-electron chi connectivity index (χ4n) is 1.21. The Bertz CT molecular complexity index is 507. The summed E-state index contributed by atoms with van der Waals surface area (Å²) in [4.78, 5) is 8.46. The molecule has 84 valence electrons. The molecule has 2 aromatic heterocycles. The zero-order chi connectivity index (χ0) is 11.7. The molecule has 0 fully saturated rings. The van der Waals surface area contributed by atoms with Crippen LogP contribution in [0.25, 0.3) is 11.6 Å². The lowest BCUT2D eigenvalue weighted by Crippen LogP contribution is -2.09. The van der Waals surface area contributed by atoms with Crippen molar-refractivity contribution in [1.82, 2.24) is 9.97 Å². The van der Waals surface area contributed by atoms with Crippen molar-refractivity contribution in [2.75, 3.05) is 5.43 Å². The van der Waals surface area contributed by atoms with Gasteiger partial charge in [0.2, 0.25) is 0 Å². The highest BCUT2D eigenvalue weighted by Crippen LogP contribution is 2.31. The van der Waals surface area contributed by atoms with Crippen LogP contribution >= 0.6 is 31.9 Å². The molecule has 7 heteroatoms. The number of nitrogens with one attached hydrogen (secondary N) is 1. The number of furan rings is 1. The van der Waals surface area contributed by atoms with Gasteiger partial charge in [-0.3, -0.25) is 0 Å². The number of nitrogens with two attached hydrogens (primary N) is 1. The van der Waals surface area contributed by atoms with Gasteiger partial charge in [0.15, 0.2) is 16.3 Å². The molecule has 0 bridgehead atoms. The maximum atomic E-state index is 5.43. The van der Waals surface area contributed by atoms with Gasteiger partial charge < -0.3 is 9.84 Å². The molecule has 0 aliphatic carbocycles. The van der Waals surface area contributed by atoms with Gasteiger partial charge >= 0.3 is 0 Å². The van der Waals surface area contributed by atoms with Gasteiger partial charge in [-0.1, -0.05) is 0 Å². The highest BCUT2D eigenvalue weighted by molar-refractivity contribution is 9.13. The van der Waals surface area contributed by atoms with Crippen LogP contribution in [-0.2, 0) is 0 Å². The highest BCUT2D eigenvalue weighted by atomic mass is 79.9. The molecule has 0 unspecified atom stereocenters. The third kappa shape index (κ3) is 2.26. The van der Waals surface area contributed by atoms with Crippen LogP contribution in [0.5, 0.6) is 0 Å². The van der Waals surface area contributed by atoms with Crippen LogP contribution < -0.4 is 11.3 Å². The van der Waals surface area contributed by atoms with Crippen LogP contribution in [0.3, 0.4) is 0 Å². The van der Waals surface area contributed by atoms with E-state index in [-0.39, 0.29) is 0 Å². The summed E-state index contributed by atoms with van der Waals surface area (Å²) in [5.74, 6) is 6.91. The van der Waals surface area contributed by atoms with Gasteiger partial charge in [0.05, 0.1) is 4.47 Å². The Balaban J connectivity index is 2.50. The van der Waals surface area contributed by atoms with Crippen molar-refractivity contribution in [3.05, 3.63) is 27.0 Å². The predicted molar refractivity (Wildman–Crippen MR) is 67.7 cm³/mol. The van der Waals surface area contributed by atoms with Crippen LogP contribution in [-0.4, -0.2) is 9.97 Å². The Morgan fingerprint density at radius 1 is 1.31 bits per heavy atom. The zero-order valence-corrected chi connectivity index (χ0v) is 11.5. The van der Waals surface area contributed by atoms with E-state index in [2.05, 4.69) is 47.3 Å². The van der Waals surface area contributed by atoms with E-state index >= 15 is 0 Å². The number of hydrogen-bond acceptors (Lipinski definition) is 5. The lowest BCUT2D eigenvalue weighted by Gasteiger charge is -2.02. The molecule has 0 aromatic carbocycles. The van der Waals surface area contributed by atoms with Crippen LogP contribution in [0.4, 0.5) is 5.82 Å². The third-order valence-electron chi connectivity index (χ3n) is 1.87. The van der Waals surface area contributed by atoms with Gasteiger partial charge in [-0.2, -0.15) is 0 Å². The largest absolute Gasteiger partial charge is 0.445 e. The normalized spacial score (nSPS) is 10.5. The van der Waals surface area contributed by atoms with Crippen LogP contribution in [0.1, 0.15) is 5.69 Å². The first-order chi connectivity index (χ1) is 7.60. The standard InChI is InChI=1S/C9H8Br2N4O/c1-4-2-7(15-12)14-9(13-4)6-3-5(10)8(11)16-6/h2-3H,12H2,1H3,(H,13,14,15). The minimum Gasteiger partial charge on any atom is -0.445 e. The first kappa shape index (κ1) is 11.6. The Morgan fingerprint density at radius 3 is 2.62 bits per heavy atom. The number of hydrazine groups is 1. The number of nitrogens with zero attached hydrogens (tertiary/aromatic N) is 2. The Labute approximate surface area is 109 Å². The topological polar surface area (TPSA) is 77.0 Å². The van der Waals surface area contributed by atoms with Crippen molar-refractivity contribution >= 4 is 37.7 Å². The summed E-state index contributed by atoms with van der Waals surface area (Å²) < 4.78 is 6.85. The molecule has 0 aliphatic heterocycles. The maximum Gasteiger partial charge on any atom is 0.197 e. The van der Waals surface area contributed by atoms with E-state index in [4.69, 9.17) is 10.3 Å². The quantitative estimate of drug-likeness (QED) is 0.645. The molecule has 0 spiro atoms. The summed E-state index contributed by atoms with van der Waals surface area (Å²) in [7, 11) is 0. The molecule has 0 atom stereocenters. The molecule has 0 saturated carbocycles. The van der Waals surface area contributed by atoms with Gasteiger partial charge in [0, 0.05) is 17.8 Å². The first-order valence-electron chi connectivity index (χ1n) is 4.37.